The van der Waals surface area contributed by atoms with Crippen LogP contribution in [0.25, 0.3) is 0 Å². The fourth-order valence-electron chi connectivity index (χ4n) is 2.30. The second-order valence-electron chi connectivity index (χ2n) is 4.94. The van der Waals surface area contributed by atoms with Crippen molar-refractivity contribution in [1.29, 1.82) is 5.26 Å². The Morgan fingerprint density at radius 3 is 2.85 bits per heavy atom. The summed E-state index contributed by atoms with van der Waals surface area (Å²) in [5, 5.41) is 12.1. The zero-order chi connectivity index (χ0) is 14.2. The van der Waals surface area contributed by atoms with E-state index in [2.05, 4.69) is 10.2 Å². The number of rotatable bonds is 6. The topological polar surface area (TPSA) is 48.3 Å². The van der Waals surface area contributed by atoms with E-state index in [-0.39, 0.29) is 5.82 Å². The molecule has 0 bridgehead atoms. The Labute approximate surface area is 119 Å². The first-order valence-electron chi connectivity index (χ1n) is 6.98. The molecule has 20 heavy (non-hydrogen) atoms. The lowest BCUT2D eigenvalue weighted by Crippen LogP contribution is -2.37. The average Bonchev–Trinajstić information content (AvgIpc) is 2.47. The minimum atomic E-state index is -0.353. The Morgan fingerprint density at radius 1 is 1.30 bits per heavy atom. The lowest BCUT2D eigenvalue weighted by atomic mass is 10.1. The summed E-state index contributed by atoms with van der Waals surface area (Å²) in [6.45, 7) is 6.21. The van der Waals surface area contributed by atoms with Gasteiger partial charge in [-0.15, -0.1) is 0 Å². The average molecular weight is 277 g/mol. The Morgan fingerprint density at radius 2 is 2.10 bits per heavy atom. The van der Waals surface area contributed by atoms with E-state index in [0.29, 0.717) is 12.1 Å². The van der Waals surface area contributed by atoms with Crippen LogP contribution in [0.2, 0.25) is 0 Å². The van der Waals surface area contributed by atoms with E-state index in [1.807, 2.05) is 6.07 Å². The van der Waals surface area contributed by atoms with Crippen molar-refractivity contribution in [2.24, 2.45) is 0 Å². The van der Waals surface area contributed by atoms with Gasteiger partial charge in [0.15, 0.2) is 0 Å². The molecule has 0 radical (unpaired) electrons. The Balaban J connectivity index is 1.65. The maximum atomic E-state index is 13.2. The predicted octanol–water partition coefficient (Wildman–Crippen LogP) is 1.51. The molecule has 1 heterocycles. The van der Waals surface area contributed by atoms with Gasteiger partial charge in [0.1, 0.15) is 5.82 Å². The van der Waals surface area contributed by atoms with Gasteiger partial charge in [-0.3, -0.25) is 4.90 Å². The summed E-state index contributed by atoms with van der Waals surface area (Å²) in [6, 6.07) is 6.41. The van der Waals surface area contributed by atoms with Crippen LogP contribution < -0.4 is 5.32 Å². The van der Waals surface area contributed by atoms with E-state index in [1.54, 1.807) is 6.07 Å². The maximum absolute atomic E-state index is 13.2. The zero-order valence-corrected chi connectivity index (χ0v) is 11.6. The third-order valence-corrected chi connectivity index (χ3v) is 3.35. The number of morpholine rings is 1. The van der Waals surface area contributed by atoms with Crippen LogP contribution in [0.4, 0.5) is 4.39 Å². The highest BCUT2D eigenvalue weighted by molar-refractivity contribution is 5.33. The summed E-state index contributed by atoms with van der Waals surface area (Å²) in [5.74, 6) is -0.353. The number of nitriles is 1. The van der Waals surface area contributed by atoms with Gasteiger partial charge in [-0.25, -0.2) is 4.39 Å². The van der Waals surface area contributed by atoms with Gasteiger partial charge in [0.05, 0.1) is 24.8 Å². The van der Waals surface area contributed by atoms with Crippen LogP contribution in [-0.2, 0) is 11.3 Å². The molecule has 1 aromatic carbocycles. The number of nitrogens with one attached hydrogen (secondary N) is 1. The highest BCUT2D eigenvalue weighted by Gasteiger charge is 2.08. The molecule has 5 heteroatoms. The number of halogens is 1. The Hall–Kier alpha value is -1.48. The second kappa shape index (κ2) is 7.95. The van der Waals surface area contributed by atoms with Gasteiger partial charge in [-0.1, -0.05) is 0 Å². The van der Waals surface area contributed by atoms with E-state index >= 15 is 0 Å². The molecular weight excluding hydrogens is 257 g/mol. The SMILES string of the molecule is N#Cc1cc(F)cc(CNCCCN2CCOCC2)c1. The molecule has 0 unspecified atom stereocenters. The van der Waals surface area contributed by atoms with Crippen LogP contribution in [-0.4, -0.2) is 44.3 Å². The number of nitrogens with zero attached hydrogens (tertiary/aromatic N) is 2. The molecule has 0 aliphatic carbocycles. The van der Waals surface area contributed by atoms with Crippen LogP contribution >= 0.6 is 0 Å². The summed E-state index contributed by atoms with van der Waals surface area (Å²) in [6.07, 6.45) is 1.06. The van der Waals surface area contributed by atoms with E-state index < -0.39 is 0 Å². The minimum Gasteiger partial charge on any atom is -0.379 e. The third kappa shape index (κ3) is 4.89. The van der Waals surface area contributed by atoms with Crippen LogP contribution in [0.15, 0.2) is 18.2 Å². The largest absolute Gasteiger partial charge is 0.379 e. The van der Waals surface area contributed by atoms with Crippen molar-refractivity contribution in [1.82, 2.24) is 10.2 Å². The molecule has 4 nitrogen and oxygen atoms in total. The molecule has 0 saturated carbocycles. The lowest BCUT2D eigenvalue weighted by molar-refractivity contribution is 0.0374. The molecule has 1 aliphatic heterocycles. The molecule has 1 aromatic rings. The summed E-state index contributed by atoms with van der Waals surface area (Å²) >= 11 is 0. The third-order valence-electron chi connectivity index (χ3n) is 3.35. The van der Waals surface area contributed by atoms with Crippen molar-refractivity contribution < 1.29 is 9.13 Å². The molecule has 0 aromatic heterocycles. The van der Waals surface area contributed by atoms with Crippen molar-refractivity contribution in [3.05, 3.63) is 35.1 Å². The van der Waals surface area contributed by atoms with Gasteiger partial charge in [0.25, 0.3) is 0 Å². The fourth-order valence-corrected chi connectivity index (χ4v) is 2.30. The monoisotopic (exact) mass is 277 g/mol. The first kappa shape index (κ1) is 14.9. The summed E-state index contributed by atoms with van der Waals surface area (Å²) in [7, 11) is 0. The molecule has 2 rings (SSSR count). The van der Waals surface area contributed by atoms with Gasteiger partial charge in [0.2, 0.25) is 0 Å². The molecule has 1 saturated heterocycles. The maximum Gasteiger partial charge on any atom is 0.124 e. The van der Waals surface area contributed by atoms with Crippen LogP contribution in [0.5, 0.6) is 0 Å². The second-order valence-corrected chi connectivity index (χ2v) is 4.94. The number of hydrogen-bond donors (Lipinski definition) is 1. The minimum absolute atomic E-state index is 0.353. The zero-order valence-electron chi connectivity index (χ0n) is 11.6. The van der Waals surface area contributed by atoms with Crippen LogP contribution in [0.1, 0.15) is 17.5 Å². The van der Waals surface area contributed by atoms with Crippen molar-refractivity contribution in [3.8, 4) is 6.07 Å². The van der Waals surface area contributed by atoms with Gasteiger partial charge < -0.3 is 10.1 Å². The molecule has 0 amide bonds. The Kier molecular flexibility index (Phi) is 5.93. The van der Waals surface area contributed by atoms with Crippen LogP contribution in [0.3, 0.4) is 0 Å². The summed E-state index contributed by atoms with van der Waals surface area (Å²) in [4.78, 5) is 2.39. The molecule has 1 N–H and O–H groups in total. The standard InChI is InChI=1S/C15H20FN3O/c16-15-9-13(11-17)8-14(10-15)12-18-2-1-3-19-4-6-20-7-5-19/h8-10,18H,1-7,12H2. The molecule has 1 aliphatic rings. The van der Waals surface area contributed by atoms with Crippen LogP contribution in [0, 0.1) is 17.1 Å². The number of hydrogen-bond acceptors (Lipinski definition) is 4. The van der Waals surface area contributed by atoms with Crippen molar-refractivity contribution in [2.45, 2.75) is 13.0 Å². The van der Waals surface area contributed by atoms with Gasteiger partial charge in [-0.05, 0) is 43.3 Å². The predicted molar refractivity (Wildman–Crippen MR) is 74.7 cm³/mol. The first-order valence-corrected chi connectivity index (χ1v) is 6.98. The normalized spacial score (nSPS) is 16.0. The van der Waals surface area contributed by atoms with E-state index in [0.717, 1.165) is 51.4 Å². The van der Waals surface area contributed by atoms with Gasteiger partial charge >= 0.3 is 0 Å². The number of benzene rings is 1. The first-order chi connectivity index (χ1) is 9.78. The van der Waals surface area contributed by atoms with Gasteiger partial charge in [0, 0.05) is 19.6 Å². The smallest absolute Gasteiger partial charge is 0.124 e. The quantitative estimate of drug-likeness (QED) is 0.801. The van der Waals surface area contributed by atoms with E-state index in [1.165, 1.54) is 12.1 Å². The molecule has 108 valence electrons. The molecule has 0 spiro atoms. The highest BCUT2D eigenvalue weighted by atomic mass is 19.1. The van der Waals surface area contributed by atoms with Gasteiger partial charge in [-0.2, -0.15) is 5.26 Å². The van der Waals surface area contributed by atoms with E-state index in [4.69, 9.17) is 10.00 Å². The Bertz CT molecular complexity index is 467. The van der Waals surface area contributed by atoms with Crippen molar-refractivity contribution in [3.63, 3.8) is 0 Å². The van der Waals surface area contributed by atoms with Crippen molar-refractivity contribution in [2.75, 3.05) is 39.4 Å². The molecular formula is C15H20FN3O. The highest BCUT2D eigenvalue weighted by Crippen LogP contribution is 2.08. The lowest BCUT2D eigenvalue weighted by Gasteiger charge is -2.26. The fraction of sp³-hybridized carbons (Fsp3) is 0.533. The molecule has 1 fully saturated rings. The number of ether oxygens (including phenoxy) is 1. The molecule has 0 atom stereocenters. The summed E-state index contributed by atoms with van der Waals surface area (Å²) in [5.41, 5.74) is 1.18. The summed E-state index contributed by atoms with van der Waals surface area (Å²) < 4.78 is 18.5. The van der Waals surface area contributed by atoms with Crippen molar-refractivity contribution >= 4 is 0 Å². The van der Waals surface area contributed by atoms with E-state index in [9.17, 15) is 4.39 Å².